The smallest absolute Gasteiger partial charge is 0.195 e. The highest BCUT2D eigenvalue weighted by molar-refractivity contribution is 7.71. The Morgan fingerprint density at radius 1 is 1.50 bits per heavy atom. The van der Waals surface area contributed by atoms with E-state index in [4.69, 9.17) is 12.2 Å². The van der Waals surface area contributed by atoms with Crippen molar-refractivity contribution in [2.45, 2.75) is 38.8 Å². The molecule has 3 rings (SSSR count). The monoisotopic (exact) mass is 309 g/mol. The Kier molecular flexibility index (Phi) is 4.00. The minimum atomic E-state index is 0.639. The molecule has 1 atom stereocenters. The van der Waals surface area contributed by atoms with Crippen LogP contribution in [0.5, 0.6) is 0 Å². The summed E-state index contributed by atoms with van der Waals surface area (Å²) in [6, 6.07) is 0.664. The van der Waals surface area contributed by atoms with Gasteiger partial charge >= 0.3 is 0 Å². The fraction of sp³-hybridized carbons (Fsp3) is 0.615. The van der Waals surface area contributed by atoms with Crippen LogP contribution in [0.15, 0.2) is 6.20 Å². The number of nitrogens with zero attached hydrogens (tertiary/aromatic N) is 4. The van der Waals surface area contributed by atoms with Gasteiger partial charge in [0.25, 0.3) is 0 Å². The zero-order valence-electron chi connectivity index (χ0n) is 11.8. The van der Waals surface area contributed by atoms with E-state index in [9.17, 15) is 0 Å². The fourth-order valence-corrected chi connectivity index (χ4v) is 3.72. The highest BCUT2D eigenvalue weighted by Crippen LogP contribution is 2.26. The lowest BCUT2D eigenvalue weighted by atomic mass is 10.0. The first-order valence-corrected chi connectivity index (χ1v) is 8.18. The fourth-order valence-electron chi connectivity index (χ4n) is 2.62. The van der Waals surface area contributed by atoms with Gasteiger partial charge in [-0.3, -0.25) is 10.00 Å². The van der Waals surface area contributed by atoms with Crippen LogP contribution < -0.4 is 0 Å². The SMILES string of the molecule is CC1CCCCN1Cc1ncc(-c2n[nH]c(=S)n2C)s1. The van der Waals surface area contributed by atoms with Gasteiger partial charge in [-0.25, -0.2) is 4.98 Å². The molecular weight excluding hydrogens is 290 g/mol. The number of piperidine rings is 1. The van der Waals surface area contributed by atoms with Crippen molar-refractivity contribution >= 4 is 23.6 Å². The van der Waals surface area contributed by atoms with Gasteiger partial charge in [-0.15, -0.1) is 11.3 Å². The molecule has 0 amide bonds. The molecule has 108 valence electrons. The molecular formula is C13H19N5S2. The van der Waals surface area contributed by atoms with Crippen molar-refractivity contribution in [2.75, 3.05) is 6.54 Å². The summed E-state index contributed by atoms with van der Waals surface area (Å²) in [5.41, 5.74) is 0. The molecule has 0 radical (unpaired) electrons. The van der Waals surface area contributed by atoms with Gasteiger partial charge in [0.05, 0.1) is 11.4 Å². The van der Waals surface area contributed by atoms with Gasteiger partial charge < -0.3 is 4.57 Å². The number of rotatable bonds is 3. The number of H-pyrrole nitrogens is 1. The number of likely N-dealkylation sites (tertiary alicyclic amines) is 1. The van der Waals surface area contributed by atoms with E-state index in [0.29, 0.717) is 10.8 Å². The largest absolute Gasteiger partial charge is 0.303 e. The third-order valence-electron chi connectivity index (χ3n) is 3.93. The van der Waals surface area contributed by atoms with Crippen molar-refractivity contribution in [3.63, 3.8) is 0 Å². The molecule has 2 aromatic heterocycles. The number of aromatic amines is 1. The molecule has 0 aliphatic carbocycles. The number of hydrogen-bond acceptors (Lipinski definition) is 5. The molecule has 2 aromatic rings. The molecule has 1 fully saturated rings. The summed E-state index contributed by atoms with van der Waals surface area (Å²) < 4.78 is 2.52. The third-order valence-corrected chi connectivity index (χ3v) is 5.28. The van der Waals surface area contributed by atoms with Crippen LogP contribution in [-0.4, -0.2) is 37.2 Å². The van der Waals surface area contributed by atoms with Crippen molar-refractivity contribution in [1.82, 2.24) is 24.6 Å². The van der Waals surface area contributed by atoms with Gasteiger partial charge in [0.1, 0.15) is 5.01 Å². The Morgan fingerprint density at radius 2 is 2.35 bits per heavy atom. The van der Waals surface area contributed by atoms with E-state index >= 15 is 0 Å². The molecule has 0 spiro atoms. The zero-order valence-corrected chi connectivity index (χ0v) is 13.4. The van der Waals surface area contributed by atoms with Crippen LogP contribution in [0.25, 0.3) is 10.7 Å². The van der Waals surface area contributed by atoms with E-state index in [0.717, 1.165) is 22.3 Å². The number of hydrogen-bond donors (Lipinski definition) is 1. The maximum absolute atomic E-state index is 5.15. The maximum atomic E-state index is 5.15. The summed E-state index contributed by atoms with van der Waals surface area (Å²) in [6.07, 6.45) is 5.85. The normalized spacial score (nSPS) is 20.4. The van der Waals surface area contributed by atoms with Crippen LogP contribution in [-0.2, 0) is 13.6 Å². The summed E-state index contributed by atoms with van der Waals surface area (Å²) in [4.78, 5) is 8.14. The Morgan fingerprint density at radius 3 is 3.05 bits per heavy atom. The van der Waals surface area contributed by atoms with Crippen molar-refractivity contribution in [3.8, 4) is 10.7 Å². The third kappa shape index (κ3) is 2.70. The topological polar surface area (TPSA) is 49.7 Å². The van der Waals surface area contributed by atoms with Crippen molar-refractivity contribution in [1.29, 1.82) is 0 Å². The van der Waals surface area contributed by atoms with E-state index in [1.54, 1.807) is 11.3 Å². The molecule has 1 N–H and O–H groups in total. The lowest BCUT2D eigenvalue weighted by Gasteiger charge is -2.32. The molecule has 3 heterocycles. The van der Waals surface area contributed by atoms with Crippen LogP contribution in [0.3, 0.4) is 0 Å². The molecule has 7 heteroatoms. The average Bonchev–Trinajstić information content (AvgIpc) is 3.01. The summed E-state index contributed by atoms with van der Waals surface area (Å²) in [5, 5.41) is 8.24. The number of thiazole rings is 1. The van der Waals surface area contributed by atoms with E-state index < -0.39 is 0 Å². The highest BCUT2D eigenvalue weighted by Gasteiger charge is 2.20. The van der Waals surface area contributed by atoms with Crippen molar-refractivity contribution in [3.05, 3.63) is 16.0 Å². The Labute approximate surface area is 127 Å². The van der Waals surface area contributed by atoms with Crippen LogP contribution >= 0.6 is 23.6 Å². The average molecular weight is 309 g/mol. The molecule has 1 aliphatic rings. The quantitative estimate of drug-likeness (QED) is 0.886. The van der Waals surface area contributed by atoms with Gasteiger partial charge in [0, 0.05) is 19.3 Å². The minimum Gasteiger partial charge on any atom is -0.303 e. The highest BCUT2D eigenvalue weighted by atomic mass is 32.1. The molecule has 1 saturated heterocycles. The van der Waals surface area contributed by atoms with E-state index in [1.807, 2.05) is 17.8 Å². The summed E-state index contributed by atoms with van der Waals surface area (Å²) >= 11 is 6.85. The van der Waals surface area contributed by atoms with Crippen molar-refractivity contribution < 1.29 is 0 Å². The van der Waals surface area contributed by atoms with Crippen LogP contribution in [0.2, 0.25) is 0 Å². The van der Waals surface area contributed by atoms with Crippen LogP contribution in [0, 0.1) is 4.77 Å². The summed E-state index contributed by atoms with van der Waals surface area (Å²) in [6.45, 7) is 4.44. The summed E-state index contributed by atoms with van der Waals surface area (Å²) in [5.74, 6) is 0.866. The zero-order chi connectivity index (χ0) is 14.1. The van der Waals surface area contributed by atoms with Gasteiger partial charge in [-0.05, 0) is 38.5 Å². The molecule has 1 aliphatic heterocycles. The maximum Gasteiger partial charge on any atom is 0.195 e. The predicted octanol–water partition coefficient (Wildman–Crippen LogP) is 2.98. The van der Waals surface area contributed by atoms with Gasteiger partial charge in [0.15, 0.2) is 10.6 Å². The Bertz CT molecular complexity index is 641. The number of nitrogens with one attached hydrogen (secondary N) is 1. The molecule has 0 bridgehead atoms. The summed E-state index contributed by atoms with van der Waals surface area (Å²) in [7, 11) is 1.92. The van der Waals surface area contributed by atoms with Crippen LogP contribution in [0.1, 0.15) is 31.2 Å². The Balaban J connectivity index is 1.77. The Hall–Kier alpha value is -1.05. The lowest BCUT2D eigenvalue weighted by Crippen LogP contribution is -2.36. The predicted molar refractivity (Wildman–Crippen MR) is 83.2 cm³/mol. The second-order valence-corrected chi connectivity index (χ2v) is 6.85. The first-order chi connectivity index (χ1) is 9.65. The van der Waals surface area contributed by atoms with Gasteiger partial charge in [-0.2, -0.15) is 5.10 Å². The first-order valence-electron chi connectivity index (χ1n) is 6.95. The number of aromatic nitrogens is 4. The van der Waals surface area contributed by atoms with Crippen molar-refractivity contribution in [2.24, 2.45) is 7.05 Å². The molecule has 5 nitrogen and oxygen atoms in total. The van der Waals surface area contributed by atoms with Gasteiger partial charge in [-0.1, -0.05) is 6.42 Å². The molecule has 0 aromatic carbocycles. The molecule has 1 unspecified atom stereocenters. The lowest BCUT2D eigenvalue weighted by molar-refractivity contribution is 0.152. The first kappa shape index (κ1) is 13.9. The van der Waals surface area contributed by atoms with E-state index in [2.05, 4.69) is 27.0 Å². The van der Waals surface area contributed by atoms with Gasteiger partial charge in [0.2, 0.25) is 0 Å². The molecule has 0 saturated carbocycles. The molecule has 20 heavy (non-hydrogen) atoms. The van der Waals surface area contributed by atoms with E-state index in [-0.39, 0.29) is 0 Å². The minimum absolute atomic E-state index is 0.639. The van der Waals surface area contributed by atoms with Crippen LogP contribution in [0.4, 0.5) is 0 Å². The second-order valence-electron chi connectivity index (χ2n) is 5.34. The second kappa shape index (κ2) is 5.75. The van der Waals surface area contributed by atoms with E-state index in [1.165, 1.54) is 25.8 Å². The standard InChI is InChI=1S/C13H19N5S2/c1-9-5-3-4-6-18(9)8-11-14-7-10(20-11)12-15-16-13(19)17(12)2/h7,9H,3-6,8H2,1-2H3,(H,16,19).